The van der Waals surface area contributed by atoms with Gasteiger partial charge in [0.25, 0.3) is 10.2 Å². The third kappa shape index (κ3) is 5.25. The Morgan fingerprint density at radius 1 is 1.47 bits per heavy atom. The highest BCUT2D eigenvalue weighted by Crippen LogP contribution is 2.19. The van der Waals surface area contributed by atoms with E-state index in [1.165, 1.54) is 13.3 Å². The fourth-order valence-electron chi connectivity index (χ4n) is 0.857. The van der Waals surface area contributed by atoms with Gasteiger partial charge in [-0.1, -0.05) is 0 Å². The van der Waals surface area contributed by atoms with Crippen LogP contribution in [0.15, 0.2) is 15.4 Å². The molecule has 0 aromatic carbocycles. The minimum atomic E-state index is -3.67. The summed E-state index contributed by atoms with van der Waals surface area (Å²) in [6.45, 7) is 0.460. The van der Waals surface area contributed by atoms with Crippen molar-refractivity contribution in [1.82, 2.24) is 14.7 Å². The van der Waals surface area contributed by atoms with E-state index in [2.05, 4.69) is 51.3 Å². The van der Waals surface area contributed by atoms with E-state index in [1.807, 2.05) is 0 Å². The number of hydrogen-bond donors (Lipinski definition) is 2. The van der Waals surface area contributed by atoms with E-state index < -0.39 is 10.2 Å². The van der Waals surface area contributed by atoms with E-state index in [0.29, 0.717) is 9.21 Å². The molecule has 1 aromatic rings. The molecule has 17 heavy (non-hydrogen) atoms. The van der Waals surface area contributed by atoms with Crippen LogP contribution in [0.4, 0.5) is 5.82 Å². The first-order valence-electron chi connectivity index (χ1n) is 4.39. The Kier molecular flexibility index (Phi) is 5.73. The minimum Gasteiger partial charge on any atom is -0.383 e. The molecule has 0 radical (unpaired) electrons. The molecule has 1 rings (SSSR count). The fraction of sp³-hybridized carbons (Fsp3) is 0.429. The summed E-state index contributed by atoms with van der Waals surface area (Å²) in [5, 5.41) is 0. The van der Waals surface area contributed by atoms with Crippen molar-refractivity contribution in [2.75, 3.05) is 25.0 Å². The maximum Gasteiger partial charge on any atom is 0.300 e. The van der Waals surface area contributed by atoms with Crippen LogP contribution in [0.5, 0.6) is 0 Å². The van der Waals surface area contributed by atoms with Crippen molar-refractivity contribution in [2.45, 2.75) is 0 Å². The molecular weight excluding hydrogens is 380 g/mol. The van der Waals surface area contributed by atoms with Crippen LogP contribution in [0, 0.1) is 0 Å². The van der Waals surface area contributed by atoms with Crippen LogP contribution in [-0.4, -0.2) is 38.6 Å². The van der Waals surface area contributed by atoms with Gasteiger partial charge in [-0.3, -0.25) is 4.72 Å². The van der Waals surface area contributed by atoms with Gasteiger partial charge in [-0.15, -0.1) is 0 Å². The molecule has 0 aliphatic rings. The minimum absolute atomic E-state index is 0.109. The van der Waals surface area contributed by atoms with Crippen LogP contribution in [0.3, 0.4) is 0 Å². The fourth-order valence-corrected chi connectivity index (χ4v) is 2.73. The zero-order valence-corrected chi connectivity index (χ0v) is 12.8. The van der Waals surface area contributed by atoms with Crippen LogP contribution in [0.25, 0.3) is 0 Å². The Labute approximate surface area is 116 Å². The first kappa shape index (κ1) is 14.8. The molecule has 0 bridgehead atoms. The number of methoxy groups -OCH3 is 1. The van der Waals surface area contributed by atoms with Crippen molar-refractivity contribution in [3.05, 3.63) is 15.4 Å². The summed E-state index contributed by atoms with van der Waals surface area (Å²) in [4.78, 5) is 7.82. The van der Waals surface area contributed by atoms with Crippen molar-refractivity contribution in [3.8, 4) is 0 Å². The van der Waals surface area contributed by atoms with Gasteiger partial charge in [0.1, 0.15) is 4.60 Å². The average Bonchev–Trinajstić information content (AvgIpc) is 2.22. The molecule has 7 nitrogen and oxygen atoms in total. The van der Waals surface area contributed by atoms with E-state index in [0.717, 1.165) is 0 Å². The Morgan fingerprint density at radius 3 is 2.76 bits per heavy atom. The number of ether oxygens (including phenoxy) is 1. The first-order valence-corrected chi connectivity index (χ1v) is 7.46. The van der Waals surface area contributed by atoms with Gasteiger partial charge in [0.2, 0.25) is 0 Å². The highest BCUT2D eigenvalue weighted by molar-refractivity contribution is 9.11. The Bertz CT molecular complexity index is 482. The summed E-state index contributed by atoms with van der Waals surface area (Å²) in [6, 6.07) is 0. The molecule has 1 heterocycles. The number of nitrogens with one attached hydrogen (secondary N) is 2. The van der Waals surface area contributed by atoms with Gasteiger partial charge in [0.05, 0.1) is 12.8 Å². The first-order chi connectivity index (χ1) is 7.94. The van der Waals surface area contributed by atoms with Crippen LogP contribution in [0.1, 0.15) is 0 Å². The summed E-state index contributed by atoms with van der Waals surface area (Å²) in [6.07, 6.45) is 1.39. The second-order valence-corrected chi connectivity index (χ2v) is 5.89. The second kappa shape index (κ2) is 6.59. The predicted octanol–water partition coefficient (Wildman–Crippen LogP) is 0.894. The van der Waals surface area contributed by atoms with Gasteiger partial charge in [-0.05, 0) is 31.9 Å². The maximum absolute atomic E-state index is 11.5. The summed E-state index contributed by atoms with van der Waals surface area (Å²) < 4.78 is 33.1. The summed E-state index contributed by atoms with van der Waals surface area (Å²) >= 11 is 6.21. The van der Waals surface area contributed by atoms with Crippen molar-refractivity contribution in [3.63, 3.8) is 0 Å². The molecule has 0 amide bonds. The largest absolute Gasteiger partial charge is 0.383 e. The molecule has 0 aliphatic heterocycles. The lowest BCUT2D eigenvalue weighted by Crippen LogP contribution is -2.33. The van der Waals surface area contributed by atoms with Crippen LogP contribution >= 0.6 is 31.9 Å². The molecule has 1 aromatic heterocycles. The molecule has 0 saturated heterocycles. The SMILES string of the molecule is COCCNS(=O)(=O)Nc1ncc(Br)nc1Br. The second-order valence-electron chi connectivity index (χ2n) is 2.82. The molecule has 0 aliphatic carbocycles. The van der Waals surface area contributed by atoms with Crippen molar-refractivity contribution in [1.29, 1.82) is 0 Å². The maximum atomic E-state index is 11.5. The Hall–Kier alpha value is -0.290. The number of anilines is 1. The van der Waals surface area contributed by atoms with Crippen LogP contribution in [0.2, 0.25) is 0 Å². The molecule has 0 unspecified atom stereocenters. The number of aromatic nitrogens is 2. The molecule has 2 N–H and O–H groups in total. The molecule has 0 atom stereocenters. The van der Waals surface area contributed by atoms with Gasteiger partial charge < -0.3 is 4.74 Å². The van der Waals surface area contributed by atoms with E-state index >= 15 is 0 Å². The lowest BCUT2D eigenvalue weighted by atomic mass is 10.7. The van der Waals surface area contributed by atoms with Gasteiger partial charge in [-0.2, -0.15) is 13.1 Å². The highest BCUT2D eigenvalue weighted by Gasteiger charge is 2.13. The summed E-state index contributed by atoms with van der Waals surface area (Å²) in [5.41, 5.74) is 0. The molecule has 96 valence electrons. The predicted molar refractivity (Wildman–Crippen MR) is 69.9 cm³/mol. The highest BCUT2D eigenvalue weighted by atomic mass is 79.9. The Morgan fingerprint density at radius 2 is 2.18 bits per heavy atom. The summed E-state index contributed by atoms with van der Waals surface area (Å²) in [7, 11) is -2.19. The number of rotatable bonds is 6. The lowest BCUT2D eigenvalue weighted by molar-refractivity contribution is 0.204. The van der Waals surface area contributed by atoms with Crippen molar-refractivity contribution >= 4 is 47.9 Å². The van der Waals surface area contributed by atoms with E-state index in [9.17, 15) is 8.42 Å². The van der Waals surface area contributed by atoms with Gasteiger partial charge >= 0.3 is 0 Å². The van der Waals surface area contributed by atoms with E-state index in [-0.39, 0.29) is 19.0 Å². The van der Waals surface area contributed by atoms with E-state index in [4.69, 9.17) is 4.74 Å². The van der Waals surface area contributed by atoms with E-state index in [1.54, 1.807) is 0 Å². The molecule has 10 heteroatoms. The molecule has 0 saturated carbocycles. The van der Waals surface area contributed by atoms with Crippen LogP contribution < -0.4 is 9.44 Å². The quantitative estimate of drug-likeness (QED) is 0.705. The van der Waals surface area contributed by atoms with Gasteiger partial charge in [0.15, 0.2) is 10.4 Å². The number of halogens is 2. The van der Waals surface area contributed by atoms with Crippen molar-refractivity contribution in [2.24, 2.45) is 0 Å². The smallest absolute Gasteiger partial charge is 0.300 e. The topological polar surface area (TPSA) is 93.2 Å². The van der Waals surface area contributed by atoms with Crippen molar-refractivity contribution < 1.29 is 13.2 Å². The Balaban J connectivity index is 2.69. The number of nitrogens with zero attached hydrogens (tertiary/aromatic N) is 2. The standard InChI is InChI=1S/C7H10Br2N4O3S/c1-16-3-2-11-17(14,15)13-7-6(9)12-5(8)4-10-7/h4,11H,2-3H2,1H3,(H,10,13). The molecule has 0 fully saturated rings. The average molecular weight is 390 g/mol. The van der Waals surface area contributed by atoms with Gasteiger partial charge in [0, 0.05) is 13.7 Å². The van der Waals surface area contributed by atoms with Gasteiger partial charge in [-0.25, -0.2) is 9.97 Å². The lowest BCUT2D eigenvalue weighted by Gasteiger charge is -2.09. The third-order valence-electron chi connectivity index (χ3n) is 1.53. The number of hydrogen-bond acceptors (Lipinski definition) is 5. The van der Waals surface area contributed by atoms with Crippen LogP contribution in [-0.2, 0) is 14.9 Å². The zero-order chi connectivity index (χ0) is 12.9. The monoisotopic (exact) mass is 388 g/mol. The zero-order valence-electron chi connectivity index (χ0n) is 8.77. The summed E-state index contributed by atoms with van der Waals surface area (Å²) in [5.74, 6) is 0.109. The normalized spacial score (nSPS) is 11.5. The molecular formula is C7H10Br2N4O3S. The molecule has 0 spiro atoms. The third-order valence-corrected chi connectivity index (χ3v) is 3.51.